The average Bonchev–Trinajstić information content (AvgIpc) is 2.76. The number of aromatic nitrogens is 2. The van der Waals surface area contributed by atoms with Crippen LogP contribution in [-0.4, -0.2) is 54.4 Å². The molecular weight excluding hydrogens is 240 g/mol. The predicted octanol–water partition coefficient (Wildman–Crippen LogP) is 0.598. The standard InChI is InChI=1S/C13H26N6/c1-6-14-13(15-7-2)16-9-12(18(3)4)11-8-17-19(5)10-11/h8,10,12H,6-7,9H2,1-5H3,(H2,14,15,16)/t12-/m0/s1. The van der Waals surface area contributed by atoms with E-state index in [1.54, 1.807) is 0 Å². The molecule has 0 aliphatic carbocycles. The molecule has 0 spiro atoms. The third-order valence-corrected chi connectivity index (χ3v) is 2.84. The summed E-state index contributed by atoms with van der Waals surface area (Å²) in [6, 6.07) is 0.237. The van der Waals surface area contributed by atoms with Crippen LogP contribution in [0.5, 0.6) is 0 Å². The van der Waals surface area contributed by atoms with Gasteiger partial charge in [0.1, 0.15) is 0 Å². The Hall–Kier alpha value is -1.56. The third kappa shape index (κ3) is 4.90. The van der Waals surface area contributed by atoms with Crippen LogP contribution in [0.4, 0.5) is 0 Å². The zero-order valence-corrected chi connectivity index (χ0v) is 12.6. The molecule has 0 aromatic carbocycles. The number of aliphatic imine (C=N–C) groups is 1. The van der Waals surface area contributed by atoms with E-state index in [1.165, 1.54) is 5.56 Å². The van der Waals surface area contributed by atoms with Crippen molar-refractivity contribution >= 4 is 5.96 Å². The first-order chi connectivity index (χ1) is 9.08. The van der Waals surface area contributed by atoms with Crippen LogP contribution in [0.2, 0.25) is 0 Å². The maximum Gasteiger partial charge on any atom is 0.191 e. The molecule has 1 aromatic rings. The Morgan fingerprint density at radius 2 is 2.00 bits per heavy atom. The zero-order chi connectivity index (χ0) is 14.3. The van der Waals surface area contributed by atoms with Crippen molar-refractivity contribution in [2.45, 2.75) is 19.9 Å². The monoisotopic (exact) mass is 266 g/mol. The molecule has 0 bridgehead atoms. The predicted molar refractivity (Wildman–Crippen MR) is 79.3 cm³/mol. The second kappa shape index (κ2) is 7.78. The van der Waals surface area contributed by atoms with E-state index in [1.807, 2.05) is 24.1 Å². The van der Waals surface area contributed by atoms with Gasteiger partial charge in [-0.15, -0.1) is 0 Å². The van der Waals surface area contributed by atoms with Gasteiger partial charge >= 0.3 is 0 Å². The lowest BCUT2D eigenvalue weighted by Gasteiger charge is -2.22. The van der Waals surface area contributed by atoms with Crippen molar-refractivity contribution in [3.63, 3.8) is 0 Å². The van der Waals surface area contributed by atoms with Crippen LogP contribution in [0, 0.1) is 0 Å². The first-order valence-electron chi connectivity index (χ1n) is 6.75. The van der Waals surface area contributed by atoms with Crippen molar-refractivity contribution < 1.29 is 0 Å². The molecule has 1 rings (SSSR count). The summed E-state index contributed by atoms with van der Waals surface area (Å²) in [5.41, 5.74) is 1.18. The maximum absolute atomic E-state index is 4.63. The molecule has 6 nitrogen and oxygen atoms in total. The fourth-order valence-electron chi connectivity index (χ4n) is 1.87. The van der Waals surface area contributed by atoms with Crippen LogP contribution in [0.3, 0.4) is 0 Å². The lowest BCUT2D eigenvalue weighted by molar-refractivity contribution is 0.306. The summed E-state index contributed by atoms with van der Waals surface area (Å²) in [7, 11) is 6.06. The quantitative estimate of drug-likeness (QED) is 0.585. The number of likely N-dealkylation sites (N-methyl/N-ethyl adjacent to an activating group) is 1. The zero-order valence-electron chi connectivity index (χ0n) is 12.6. The minimum Gasteiger partial charge on any atom is -0.357 e. The Bertz CT molecular complexity index is 388. The van der Waals surface area contributed by atoms with Crippen molar-refractivity contribution in [1.82, 2.24) is 25.3 Å². The van der Waals surface area contributed by atoms with Crippen molar-refractivity contribution in [2.24, 2.45) is 12.0 Å². The Balaban J connectivity index is 2.75. The van der Waals surface area contributed by atoms with Crippen LogP contribution in [0.15, 0.2) is 17.4 Å². The van der Waals surface area contributed by atoms with Crippen molar-refractivity contribution in [3.05, 3.63) is 18.0 Å². The molecular formula is C13H26N6. The molecule has 2 N–H and O–H groups in total. The van der Waals surface area contributed by atoms with E-state index in [4.69, 9.17) is 0 Å². The molecule has 108 valence electrons. The summed E-state index contributed by atoms with van der Waals surface area (Å²) >= 11 is 0. The first kappa shape index (κ1) is 15.5. The molecule has 0 saturated carbocycles. The third-order valence-electron chi connectivity index (χ3n) is 2.84. The molecule has 0 radical (unpaired) electrons. The summed E-state index contributed by atoms with van der Waals surface area (Å²) in [5.74, 6) is 0.862. The highest BCUT2D eigenvalue weighted by Crippen LogP contribution is 2.17. The molecule has 19 heavy (non-hydrogen) atoms. The maximum atomic E-state index is 4.63. The second-order valence-corrected chi connectivity index (χ2v) is 4.68. The summed E-state index contributed by atoms with van der Waals surface area (Å²) in [4.78, 5) is 6.79. The van der Waals surface area contributed by atoms with Gasteiger partial charge in [-0.25, -0.2) is 0 Å². The van der Waals surface area contributed by atoms with Crippen LogP contribution in [0.1, 0.15) is 25.5 Å². The van der Waals surface area contributed by atoms with Gasteiger partial charge in [0.15, 0.2) is 5.96 Å². The largest absolute Gasteiger partial charge is 0.357 e. The molecule has 1 atom stereocenters. The van der Waals surface area contributed by atoms with Crippen LogP contribution < -0.4 is 10.6 Å². The van der Waals surface area contributed by atoms with Gasteiger partial charge in [0, 0.05) is 31.9 Å². The second-order valence-electron chi connectivity index (χ2n) is 4.68. The molecule has 0 unspecified atom stereocenters. The van der Waals surface area contributed by atoms with E-state index in [0.29, 0.717) is 6.54 Å². The summed E-state index contributed by atoms with van der Waals surface area (Å²) < 4.78 is 1.82. The fourth-order valence-corrected chi connectivity index (χ4v) is 1.87. The molecule has 0 aliphatic heterocycles. The minimum atomic E-state index is 0.237. The van der Waals surface area contributed by atoms with Crippen LogP contribution in [0.25, 0.3) is 0 Å². The van der Waals surface area contributed by atoms with Gasteiger partial charge in [0.25, 0.3) is 0 Å². The Kier molecular flexibility index (Phi) is 6.35. The highest BCUT2D eigenvalue weighted by Gasteiger charge is 2.15. The topological polar surface area (TPSA) is 57.5 Å². The Morgan fingerprint density at radius 3 is 2.42 bits per heavy atom. The van der Waals surface area contributed by atoms with E-state index in [0.717, 1.165) is 19.0 Å². The van der Waals surface area contributed by atoms with E-state index in [2.05, 4.69) is 53.6 Å². The number of rotatable bonds is 6. The molecule has 0 aliphatic rings. The van der Waals surface area contributed by atoms with Gasteiger partial charge in [-0.3, -0.25) is 9.67 Å². The number of hydrogen-bond donors (Lipinski definition) is 2. The highest BCUT2D eigenvalue weighted by molar-refractivity contribution is 5.79. The fraction of sp³-hybridized carbons (Fsp3) is 0.692. The smallest absolute Gasteiger partial charge is 0.191 e. The van der Waals surface area contributed by atoms with Gasteiger partial charge in [-0.05, 0) is 27.9 Å². The van der Waals surface area contributed by atoms with Crippen LogP contribution in [-0.2, 0) is 7.05 Å². The van der Waals surface area contributed by atoms with Gasteiger partial charge in [-0.2, -0.15) is 5.10 Å². The lowest BCUT2D eigenvalue weighted by atomic mass is 10.1. The van der Waals surface area contributed by atoms with Gasteiger partial charge in [0.05, 0.1) is 18.8 Å². The van der Waals surface area contributed by atoms with E-state index >= 15 is 0 Å². The highest BCUT2D eigenvalue weighted by atomic mass is 15.2. The van der Waals surface area contributed by atoms with Crippen molar-refractivity contribution in [1.29, 1.82) is 0 Å². The number of nitrogens with one attached hydrogen (secondary N) is 2. The Morgan fingerprint density at radius 1 is 1.37 bits per heavy atom. The minimum absolute atomic E-state index is 0.237. The summed E-state index contributed by atoms with van der Waals surface area (Å²) in [5, 5.41) is 10.7. The molecule has 0 saturated heterocycles. The van der Waals surface area contributed by atoms with Crippen molar-refractivity contribution in [2.75, 3.05) is 33.7 Å². The normalized spacial score (nSPS) is 12.3. The van der Waals surface area contributed by atoms with E-state index in [-0.39, 0.29) is 6.04 Å². The molecule has 6 heteroatoms. The average molecular weight is 266 g/mol. The number of nitrogens with zero attached hydrogens (tertiary/aromatic N) is 4. The lowest BCUT2D eigenvalue weighted by Crippen LogP contribution is -2.37. The Labute approximate surface area is 115 Å². The summed E-state index contributed by atoms with van der Waals surface area (Å²) in [6.45, 7) is 6.57. The van der Waals surface area contributed by atoms with E-state index in [9.17, 15) is 0 Å². The van der Waals surface area contributed by atoms with Gasteiger partial charge in [-0.1, -0.05) is 0 Å². The van der Waals surface area contributed by atoms with E-state index < -0.39 is 0 Å². The SMILES string of the molecule is CCNC(=NC[C@@H](c1cnn(C)c1)N(C)C)NCC. The number of guanidine groups is 1. The van der Waals surface area contributed by atoms with Crippen molar-refractivity contribution in [3.8, 4) is 0 Å². The molecule has 1 heterocycles. The molecule has 0 fully saturated rings. The van der Waals surface area contributed by atoms with Gasteiger partial charge < -0.3 is 15.5 Å². The molecule has 1 aromatic heterocycles. The number of hydrogen-bond acceptors (Lipinski definition) is 3. The summed E-state index contributed by atoms with van der Waals surface area (Å²) in [6.07, 6.45) is 3.95. The number of aryl methyl sites for hydroxylation is 1. The molecule has 0 amide bonds. The van der Waals surface area contributed by atoms with Gasteiger partial charge in [0.2, 0.25) is 0 Å². The van der Waals surface area contributed by atoms with Crippen LogP contribution >= 0.6 is 0 Å². The first-order valence-corrected chi connectivity index (χ1v) is 6.75.